The van der Waals surface area contributed by atoms with E-state index in [9.17, 15) is 0 Å². The Morgan fingerprint density at radius 3 is 2.79 bits per heavy atom. The zero-order valence-electron chi connectivity index (χ0n) is 11.3. The largest absolute Gasteiger partial charge is 0.496 e. The third-order valence-corrected chi connectivity index (χ3v) is 3.02. The number of allylic oxidation sites excluding steroid dienone is 1. The number of amidine groups is 1. The van der Waals surface area contributed by atoms with Gasteiger partial charge in [-0.3, -0.25) is 5.73 Å². The van der Waals surface area contributed by atoms with Crippen LogP contribution in [-0.2, 0) is 5.79 Å². The summed E-state index contributed by atoms with van der Waals surface area (Å²) in [5, 5.41) is 3.24. The number of methoxy groups -OCH3 is 1. The van der Waals surface area contributed by atoms with E-state index in [4.69, 9.17) is 16.2 Å². The van der Waals surface area contributed by atoms with Crippen molar-refractivity contribution in [1.82, 2.24) is 5.32 Å². The maximum absolute atomic E-state index is 6.37. The van der Waals surface area contributed by atoms with Gasteiger partial charge in [0.1, 0.15) is 11.6 Å². The minimum absolute atomic E-state index is 0.426. The minimum Gasteiger partial charge on any atom is -0.496 e. The lowest BCUT2D eigenvalue weighted by Crippen LogP contribution is -2.51. The Labute approximate surface area is 113 Å². The van der Waals surface area contributed by atoms with Crippen LogP contribution < -0.4 is 21.5 Å². The molecule has 102 valence electrons. The predicted octanol–water partition coefficient (Wildman–Crippen LogP) is 1.41. The molecule has 19 heavy (non-hydrogen) atoms. The molecule has 1 unspecified atom stereocenters. The molecule has 1 aromatic carbocycles. The zero-order valence-corrected chi connectivity index (χ0v) is 11.3. The lowest BCUT2D eigenvalue weighted by molar-refractivity contribution is 0.349. The van der Waals surface area contributed by atoms with Gasteiger partial charge in [0.15, 0.2) is 0 Å². The van der Waals surface area contributed by atoms with Crippen LogP contribution in [0.3, 0.4) is 0 Å². The number of nitrogens with one attached hydrogen (secondary N) is 1. The average molecular weight is 260 g/mol. The van der Waals surface area contributed by atoms with E-state index in [0.29, 0.717) is 11.6 Å². The highest BCUT2D eigenvalue weighted by Crippen LogP contribution is 2.30. The molecule has 2 rings (SSSR count). The summed E-state index contributed by atoms with van der Waals surface area (Å²) in [7, 11) is 1.61. The first-order chi connectivity index (χ1) is 9.09. The van der Waals surface area contributed by atoms with Gasteiger partial charge in [0.25, 0.3) is 0 Å². The van der Waals surface area contributed by atoms with Gasteiger partial charge in [0, 0.05) is 5.70 Å². The summed E-state index contributed by atoms with van der Waals surface area (Å²) in [4.78, 5) is 4.33. The summed E-state index contributed by atoms with van der Waals surface area (Å²) in [6.45, 7) is 2.10. The fourth-order valence-electron chi connectivity index (χ4n) is 2.21. The highest BCUT2D eigenvalue weighted by atomic mass is 16.5. The molecule has 0 aliphatic carbocycles. The number of aliphatic imine (C=N–C) groups is 1. The molecule has 0 aromatic heterocycles. The Morgan fingerprint density at radius 1 is 1.37 bits per heavy atom. The molecule has 0 saturated carbocycles. The Kier molecular flexibility index (Phi) is 3.76. The van der Waals surface area contributed by atoms with Crippen LogP contribution in [0.5, 0.6) is 5.75 Å². The fourth-order valence-corrected chi connectivity index (χ4v) is 2.21. The van der Waals surface area contributed by atoms with E-state index in [0.717, 1.165) is 24.1 Å². The number of nitrogens with zero attached hydrogens (tertiary/aromatic N) is 1. The van der Waals surface area contributed by atoms with Crippen LogP contribution in [0.2, 0.25) is 0 Å². The molecule has 0 amide bonds. The Hall–Kier alpha value is -2.01. The molecule has 0 spiro atoms. The van der Waals surface area contributed by atoms with Crippen LogP contribution in [0.25, 0.3) is 0 Å². The van der Waals surface area contributed by atoms with Crippen molar-refractivity contribution >= 4 is 5.84 Å². The molecule has 1 aromatic rings. The number of para-hydroxylation sites is 1. The van der Waals surface area contributed by atoms with Crippen LogP contribution in [0.4, 0.5) is 0 Å². The lowest BCUT2D eigenvalue weighted by atomic mass is 10.0. The van der Waals surface area contributed by atoms with Crippen molar-refractivity contribution in [2.24, 2.45) is 16.5 Å². The highest BCUT2D eigenvalue weighted by Gasteiger charge is 2.32. The molecule has 0 radical (unpaired) electrons. The SMILES string of the molecule is CCCC1=CC(N)=NC(N)(c2ccccc2OC)N1. The molecule has 0 saturated heterocycles. The first-order valence-corrected chi connectivity index (χ1v) is 6.35. The van der Waals surface area contributed by atoms with Crippen molar-refractivity contribution in [3.8, 4) is 5.75 Å². The van der Waals surface area contributed by atoms with Crippen LogP contribution in [0, 0.1) is 0 Å². The molecule has 5 nitrogen and oxygen atoms in total. The van der Waals surface area contributed by atoms with Gasteiger partial charge in [-0.05, 0) is 24.6 Å². The molecule has 1 aliphatic heterocycles. The van der Waals surface area contributed by atoms with Gasteiger partial charge < -0.3 is 15.8 Å². The van der Waals surface area contributed by atoms with Crippen LogP contribution in [0.15, 0.2) is 41.0 Å². The van der Waals surface area contributed by atoms with E-state index < -0.39 is 5.79 Å². The van der Waals surface area contributed by atoms with Crippen LogP contribution in [-0.4, -0.2) is 12.9 Å². The topological polar surface area (TPSA) is 85.7 Å². The molecule has 5 N–H and O–H groups in total. The third-order valence-electron chi connectivity index (χ3n) is 3.02. The van der Waals surface area contributed by atoms with Crippen molar-refractivity contribution in [2.75, 3.05) is 7.11 Å². The Bertz CT molecular complexity index is 524. The fraction of sp³-hybridized carbons (Fsp3) is 0.357. The van der Waals surface area contributed by atoms with Crippen molar-refractivity contribution in [1.29, 1.82) is 0 Å². The highest BCUT2D eigenvalue weighted by molar-refractivity contribution is 5.93. The van der Waals surface area contributed by atoms with Crippen LogP contribution >= 0.6 is 0 Å². The molecular weight excluding hydrogens is 240 g/mol. The predicted molar refractivity (Wildman–Crippen MR) is 76.6 cm³/mol. The second-order valence-electron chi connectivity index (χ2n) is 4.55. The van der Waals surface area contributed by atoms with E-state index >= 15 is 0 Å². The van der Waals surface area contributed by atoms with Crippen molar-refractivity contribution in [2.45, 2.75) is 25.6 Å². The Balaban J connectivity index is 2.41. The number of nitrogens with two attached hydrogens (primary N) is 2. The molecule has 5 heteroatoms. The number of benzene rings is 1. The van der Waals surface area contributed by atoms with E-state index in [1.54, 1.807) is 7.11 Å². The zero-order chi connectivity index (χ0) is 13.9. The molecule has 0 bridgehead atoms. The van der Waals surface area contributed by atoms with Gasteiger partial charge in [-0.15, -0.1) is 0 Å². The van der Waals surface area contributed by atoms with E-state index in [2.05, 4.69) is 17.2 Å². The molecule has 0 fully saturated rings. The average Bonchev–Trinajstić information content (AvgIpc) is 2.38. The second kappa shape index (κ2) is 5.32. The number of ether oxygens (including phenoxy) is 1. The maximum atomic E-state index is 6.37. The summed E-state index contributed by atoms with van der Waals surface area (Å²) in [5.41, 5.74) is 14.0. The summed E-state index contributed by atoms with van der Waals surface area (Å²) in [6, 6.07) is 7.54. The normalized spacial score (nSPS) is 22.3. The summed E-state index contributed by atoms with van der Waals surface area (Å²) >= 11 is 0. The Morgan fingerprint density at radius 2 is 2.11 bits per heavy atom. The summed E-state index contributed by atoms with van der Waals surface area (Å²) in [6.07, 6.45) is 3.71. The monoisotopic (exact) mass is 260 g/mol. The van der Waals surface area contributed by atoms with Gasteiger partial charge in [0.05, 0.1) is 12.7 Å². The standard InChI is InChI=1S/C14H20N4O/c1-3-6-10-9-13(15)18-14(16,17-10)11-7-4-5-8-12(11)19-2/h4-5,7-9,17H,3,6,16H2,1-2H3,(H2,15,18). The van der Waals surface area contributed by atoms with Crippen LogP contribution in [0.1, 0.15) is 25.3 Å². The van der Waals surface area contributed by atoms with Crippen molar-refractivity contribution in [3.63, 3.8) is 0 Å². The number of rotatable bonds is 4. The molecule has 1 heterocycles. The smallest absolute Gasteiger partial charge is 0.214 e. The number of hydrogen-bond donors (Lipinski definition) is 3. The van der Waals surface area contributed by atoms with E-state index in [-0.39, 0.29) is 0 Å². The third kappa shape index (κ3) is 2.71. The van der Waals surface area contributed by atoms with E-state index in [1.807, 2.05) is 30.3 Å². The van der Waals surface area contributed by atoms with Gasteiger partial charge in [-0.1, -0.05) is 25.5 Å². The number of hydrogen-bond acceptors (Lipinski definition) is 5. The van der Waals surface area contributed by atoms with Gasteiger partial charge in [-0.25, -0.2) is 4.99 Å². The second-order valence-corrected chi connectivity index (χ2v) is 4.55. The summed E-state index contributed by atoms with van der Waals surface area (Å²) < 4.78 is 5.34. The first kappa shape index (κ1) is 13.4. The summed E-state index contributed by atoms with van der Waals surface area (Å²) in [5.74, 6) is 0.0399. The molecule has 1 atom stereocenters. The maximum Gasteiger partial charge on any atom is 0.214 e. The van der Waals surface area contributed by atoms with Gasteiger partial charge >= 0.3 is 0 Å². The lowest BCUT2D eigenvalue weighted by Gasteiger charge is -2.33. The molecule has 1 aliphatic rings. The van der Waals surface area contributed by atoms with Crippen molar-refractivity contribution in [3.05, 3.63) is 41.6 Å². The van der Waals surface area contributed by atoms with Gasteiger partial charge in [0.2, 0.25) is 5.79 Å². The van der Waals surface area contributed by atoms with E-state index in [1.165, 1.54) is 0 Å². The van der Waals surface area contributed by atoms with Crippen molar-refractivity contribution < 1.29 is 4.74 Å². The quantitative estimate of drug-likeness (QED) is 0.764. The minimum atomic E-state index is -1.07. The molecular formula is C14H20N4O. The van der Waals surface area contributed by atoms with Gasteiger partial charge in [-0.2, -0.15) is 0 Å². The first-order valence-electron chi connectivity index (χ1n) is 6.35.